The van der Waals surface area contributed by atoms with E-state index in [1.807, 2.05) is 30.3 Å². The van der Waals surface area contributed by atoms with Crippen LogP contribution in [0.5, 0.6) is 0 Å². The Bertz CT molecular complexity index is 668. The molecule has 5 heteroatoms. The molecule has 4 nitrogen and oxygen atoms in total. The number of nitrogens with one attached hydrogen (secondary N) is 1. The van der Waals surface area contributed by atoms with Crippen LogP contribution in [0.1, 0.15) is 29.6 Å². The number of rotatable bonds is 3. The van der Waals surface area contributed by atoms with Crippen LogP contribution in [0.2, 0.25) is 0 Å². The van der Waals surface area contributed by atoms with Crippen LogP contribution in [0.3, 0.4) is 0 Å². The largest absolute Gasteiger partial charge is 0.357 e. The van der Waals surface area contributed by atoms with E-state index in [1.54, 1.807) is 12.3 Å². The number of benzene rings is 1. The Morgan fingerprint density at radius 3 is 2.73 bits per heavy atom. The summed E-state index contributed by atoms with van der Waals surface area (Å²) in [6.07, 6.45) is 5.39. The molecule has 1 aliphatic heterocycles. The van der Waals surface area contributed by atoms with Gasteiger partial charge >= 0.3 is 0 Å². The van der Waals surface area contributed by atoms with Crippen LogP contribution < -0.4 is 10.2 Å². The number of aromatic nitrogens is 1. The van der Waals surface area contributed by atoms with Crippen LogP contribution in [0.15, 0.2) is 42.6 Å². The number of piperidine rings is 1. The maximum atomic E-state index is 12.4. The molecule has 0 unspecified atom stereocenters. The summed E-state index contributed by atoms with van der Waals surface area (Å²) < 4.78 is 1.10. The second-order valence-electron chi connectivity index (χ2n) is 5.41. The average Bonchev–Trinajstić information content (AvgIpc) is 2.56. The second kappa shape index (κ2) is 7.09. The molecule has 1 saturated heterocycles. The minimum absolute atomic E-state index is 0.0948. The second-order valence-corrected chi connectivity index (χ2v) is 6.66. The molecule has 2 aromatic rings. The van der Waals surface area contributed by atoms with E-state index in [-0.39, 0.29) is 5.91 Å². The Labute approximate surface area is 144 Å². The van der Waals surface area contributed by atoms with E-state index in [9.17, 15) is 4.79 Å². The summed E-state index contributed by atoms with van der Waals surface area (Å²) in [7, 11) is 0. The normalized spacial score (nSPS) is 14.7. The van der Waals surface area contributed by atoms with Crippen LogP contribution >= 0.6 is 22.6 Å². The number of carbonyl (C=O) groups excluding carboxylic acids is 1. The molecule has 0 spiro atoms. The zero-order chi connectivity index (χ0) is 15.4. The van der Waals surface area contributed by atoms with Gasteiger partial charge in [-0.15, -0.1) is 0 Å². The van der Waals surface area contributed by atoms with E-state index in [0.717, 1.165) is 28.2 Å². The summed E-state index contributed by atoms with van der Waals surface area (Å²) in [6.45, 7) is 2.05. The van der Waals surface area contributed by atoms with Gasteiger partial charge in [0.1, 0.15) is 5.82 Å². The molecule has 0 atom stereocenters. The number of hydrogen-bond donors (Lipinski definition) is 1. The Balaban J connectivity index is 1.75. The standard InChI is InChI=1S/C17H18IN3O/c18-14-5-4-6-15(12-14)20-17(22)13-7-8-19-16(11-13)21-9-2-1-3-10-21/h4-8,11-12H,1-3,9-10H2,(H,20,22). The van der Waals surface area contributed by atoms with Gasteiger partial charge in [0.25, 0.3) is 5.91 Å². The van der Waals surface area contributed by atoms with Crippen molar-refractivity contribution in [2.45, 2.75) is 19.3 Å². The smallest absolute Gasteiger partial charge is 0.255 e. The Morgan fingerprint density at radius 2 is 1.95 bits per heavy atom. The van der Waals surface area contributed by atoms with E-state index in [4.69, 9.17) is 0 Å². The average molecular weight is 407 g/mol. The third kappa shape index (κ3) is 3.76. The third-order valence-electron chi connectivity index (χ3n) is 3.77. The van der Waals surface area contributed by atoms with Crippen LogP contribution in [0.25, 0.3) is 0 Å². The fraction of sp³-hybridized carbons (Fsp3) is 0.294. The first-order valence-corrected chi connectivity index (χ1v) is 8.58. The maximum Gasteiger partial charge on any atom is 0.255 e. The van der Waals surface area contributed by atoms with Gasteiger partial charge in [-0.25, -0.2) is 4.98 Å². The van der Waals surface area contributed by atoms with Gasteiger partial charge < -0.3 is 10.2 Å². The molecular weight excluding hydrogens is 389 g/mol. The van der Waals surface area contributed by atoms with Crippen molar-refractivity contribution < 1.29 is 4.79 Å². The highest BCUT2D eigenvalue weighted by Gasteiger charge is 2.14. The van der Waals surface area contributed by atoms with Gasteiger partial charge in [-0.1, -0.05) is 6.07 Å². The molecule has 1 aromatic heterocycles. The molecule has 0 bridgehead atoms. The summed E-state index contributed by atoms with van der Waals surface area (Å²) >= 11 is 2.23. The van der Waals surface area contributed by atoms with Crippen LogP contribution in [-0.4, -0.2) is 24.0 Å². The number of halogens is 1. The first-order chi connectivity index (χ1) is 10.7. The van der Waals surface area contributed by atoms with E-state index >= 15 is 0 Å². The third-order valence-corrected chi connectivity index (χ3v) is 4.44. The molecule has 1 amide bonds. The lowest BCUT2D eigenvalue weighted by Gasteiger charge is -2.27. The van der Waals surface area contributed by atoms with Gasteiger partial charge in [0.05, 0.1) is 0 Å². The molecule has 0 saturated carbocycles. The predicted octanol–water partition coefficient (Wildman–Crippen LogP) is 3.93. The summed E-state index contributed by atoms with van der Waals surface area (Å²) in [6, 6.07) is 11.4. The number of pyridine rings is 1. The minimum Gasteiger partial charge on any atom is -0.357 e. The topological polar surface area (TPSA) is 45.2 Å². The van der Waals surface area contributed by atoms with Crippen molar-refractivity contribution in [2.24, 2.45) is 0 Å². The van der Waals surface area contributed by atoms with E-state index in [0.29, 0.717) is 5.56 Å². The Morgan fingerprint density at radius 1 is 1.14 bits per heavy atom. The number of carbonyl (C=O) groups is 1. The first kappa shape index (κ1) is 15.3. The molecule has 2 heterocycles. The van der Waals surface area contributed by atoms with Gasteiger partial charge in [-0.05, 0) is 72.2 Å². The van der Waals surface area contributed by atoms with Crippen LogP contribution in [0, 0.1) is 3.57 Å². The number of anilines is 2. The quantitative estimate of drug-likeness (QED) is 0.785. The fourth-order valence-corrected chi connectivity index (χ4v) is 3.17. The summed E-state index contributed by atoms with van der Waals surface area (Å²) in [4.78, 5) is 19.1. The van der Waals surface area contributed by atoms with Crippen molar-refractivity contribution in [3.05, 3.63) is 51.7 Å². The summed E-state index contributed by atoms with van der Waals surface area (Å²) in [5.74, 6) is 0.803. The predicted molar refractivity (Wildman–Crippen MR) is 97.4 cm³/mol. The van der Waals surface area contributed by atoms with Gasteiger partial charge in [-0.3, -0.25) is 4.79 Å². The van der Waals surface area contributed by atoms with Crippen molar-refractivity contribution in [1.82, 2.24) is 4.98 Å². The zero-order valence-electron chi connectivity index (χ0n) is 12.3. The van der Waals surface area contributed by atoms with Gasteiger partial charge in [0, 0.05) is 34.1 Å². The highest BCUT2D eigenvalue weighted by atomic mass is 127. The highest BCUT2D eigenvalue weighted by molar-refractivity contribution is 14.1. The molecule has 0 radical (unpaired) electrons. The van der Waals surface area contributed by atoms with Gasteiger partial charge in [0.15, 0.2) is 0 Å². The van der Waals surface area contributed by atoms with Crippen molar-refractivity contribution >= 4 is 40.0 Å². The first-order valence-electron chi connectivity index (χ1n) is 7.50. The van der Waals surface area contributed by atoms with E-state index in [2.05, 4.69) is 37.8 Å². The molecule has 1 fully saturated rings. The summed E-state index contributed by atoms with van der Waals surface area (Å²) in [5, 5.41) is 2.94. The van der Waals surface area contributed by atoms with Gasteiger partial charge in [0.2, 0.25) is 0 Å². The van der Waals surface area contributed by atoms with E-state index in [1.165, 1.54) is 19.3 Å². The Kier molecular flexibility index (Phi) is 4.92. The van der Waals surface area contributed by atoms with Crippen molar-refractivity contribution in [2.75, 3.05) is 23.3 Å². The maximum absolute atomic E-state index is 12.4. The lowest BCUT2D eigenvalue weighted by Crippen LogP contribution is -2.30. The molecule has 1 aromatic carbocycles. The Hall–Kier alpha value is -1.63. The number of nitrogens with zero attached hydrogens (tertiary/aromatic N) is 2. The minimum atomic E-state index is -0.0948. The van der Waals surface area contributed by atoms with Crippen molar-refractivity contribution in [3.8, 4) is 0 Å². The van der Waals surface area contributed by atoms with Gasteiger partial charge in [-0.2, -0.15) is 0 Å². The fourth-order valence-electron chi connectivity index (χ4n) is 2.63. The lowest BCUT2D eigenvalue weighted by molar-refractivity contribution is 0.102. The highest BCUT2D eigenvalue weighted by Crippen LogP contribution is 2.19. The SMILES string of the molecule is O=C(Nc1cccc(I)c1)c1ccnc(N2CCCCC2)c1. The zero-order valence-corrected chi connectivity index (χ0v) is 14.4. The number of amides is 1. The van der Waals surface area contributed by atoms with Crippen molar-refractivity contribution in [3.63, 3.8) is 0 Å². The number of hydrogen-bond acceptors (Lipinski definition) is 3. The molecule has 22 heavy (non-hydrogen) atoms. The van der Waals surface area contributed by atoms with Crippen molar-refractivity contribution in [1.29, 1.82) is 0 Å². The molecule has 1 aliphatic rings. The van der Waals surface area contributed by atoms with Crippen LogP contribution in [0.4, 0.5) is 11.5 Å². The molecule has 1 N–H and O–H groups in total. The van der Waals surface area contributed by atoms with E-state index < -0.39 is 0 Å². The molecule has 3 rings (SSSR count). The van der Waals surface area contributed by atoms with Crippen LogP contribution in [-0.2, 0) is 0 Å². The molecule has 114 valence electrons. The molecule has 0 aliphatic carbocycles. The molecular formula is C17H18IN3O. The lowest BCUT2D eigenvalue weighted by atomic mass is 10.1. The monoisotopic (exact) mass is 407 g/mol. The summed E-state index contributed by atoms with van der Waals surface area (Å²) in [5.41, 5.74) is 1.46.